The Morgan fingerprint density at radius 3 is 2.62 bits per heavy atom. The van der Waals surface area contributed by atoms with Crippen LogP contribution in [-0.2, 0) is 4.74 Å². The molecule has 7 heteroatoms. The first-order valence-electron chi connectivity index (χ1n) is 8.72. The van der Waals surface area contributed by atoms with Gasteiger partial charge in [-0.25, -0.2) is 4.79 Å². The average Bonchev–Trinajstić information content (AvgIpc) is 2.67. The smallest absolute Gasteiger partial charge is 0.358 e. The van der Waals surface area contributed by atoms with Crippen molar-refractivity contribution in [1.29, 1.82) is 0 Å². The van der Waals surface area contributed by atoms with Gasteiger partial charge in [0.15, 0.2) is 5.69 Å². The summed E-state index contributed by atoms with van der Waals surface area (Å²) in [6, 6.07) is 3.47. The zero-order valence-electron chi connectivity index (χ0n) is 14.3. The molecule has 6 nitrogen and oxygen atoms in total. The van der Waals surface area contributed by atoms with Gasteiger partial charge in [-0.1, -0.05) is 19.3 Å². The fourth-order valence-corrected chi connectivity index (χ4v) is 4.65. The normalized spacial score (nSPS) is 21.2. The molecule has 2 heterocycles. The first-order chi connectivity index (χ1) is 11.7. The number of anilines is 1. The summed E-state index contributed by atoms with van der Waals surface area (Å²) in [7, 11) is 1.35. The molecule has 1 aromatic heterocycles. The maximum absolute atomic E-state index is 11.4. The second-order valence-electron chi connectivity index (χ2n) is 6.53. The molecule has 0 bridgehead atoms. The third-order valence-electron chi connectivity index (χ3n) is 5.12. The molecule has 0 aromatic carbocycles. The van der Waals surface area contributed by atoms with Crippen LogP contribution in [0.15, 0.2) is 12.1 Å². The number of hydrogen-bond acceptors (Lipinski definition) is 7. The zero-order valence-corrected chi connectivity index (χ0v) is 15.1. The van der Waals surface area contributed by atoms with Gasteiger partial charge in [0.25, 0.3) is 0 Å². The van der Waals surface area contributed by atoms with E-state index in [4.69, 9.17) is 0 Å². The predicted octanol–water partition coefficient (Wildman–Crippen LogP) is 2.43. The van der Waals surface area contributed by atoms with Gasteiger partial charge in [0.1, 0.15) is 5.82 Å². The lowest BCUT2D eigenvalue weighted by Crippen LogP contribution is -2.57. The number of esters is 1. The highest BCUT2D eigenvalue weighted by atomic mass is 32.2. The summed E-state index contributed by atoms with van der Waals surface area (Å²) in [5.41, 5.74) is 0.477. The number of hydrogen-bond donors (Lipinski definition) is 1. The molecule has 3 rings (SSSR count). The first kappa shape index (κ1) is 17.5. The molecule has 2 fully saturated rings. The van der Waals surface area contributed by atoms with Crippen molar-refractivity contribution in [2.75, 3.05) is 43.6 Å². The summed E-state index contributed by atoms with van der Waals surface area (Å²) in [5, 5.41) is 11.5. The van der Waals surface area contributed by atoms with Crippen LogP contribution >= 0.6 is 11.8 Å². The predicted molar refractivity (Wildman–Crippen MR) is 96.6 cm³/mol. The van der Waals surface area contributed by atoms with Gasteiger partial charge in [0.05, 0.1) is 7.11 Å². The van der Waals surface area contributed by atoms with E-state index in [-0.39, 0.29) is 11.2 Å². The maximum atomic E-state index is 11.4. The molecular weight excluding hydrogens is 324 g/mol. The monoisotopic (exact) mass is 350 g/mol. The minimum Gasteiger partial charge on any atom is -0.464 e. The van der Waals surface area contributed by atoms with E-state index in [2.05, 4.69) is 36.9 Å². The van der Waals surface area contributed by atoms with Crippen LogP contribution in [0, 0.1) is 0 Å². The van der Waals surface area contributed by atoms with Crippen LogP contribution in [-0.4, -0.2) is 64.9 Å². The van der Waals surface area contributed by atoms with Crippen LogP contribution in [0.25, 0.3) is 0 Å². The molecule has 132 valence electrons. The van der Waals surface area contributed by atoms with E-state index >= 15 is 0 Å². The van der Waals surface area contributed by atoms with Crippen LogP contribution in [0.1, 0.15) is 42.6 Å². The van der Waals surface area contributed by atoms with Crippen molar-refractivity contribution in [1.82, 2.24) is 15.1 Å². The molecule has 1 aromatic rings. The lowest BCUT2D eigenvalue weighted by atomic mass is 9.80. The second-order valence-corrected chi connectivity index (χ2v) is 7.76. The van der Waals surface area contributed by atoms with Crippen molar-refractivity contribution >= 4 is 23.5 Å². The minimum absolute atomic E-state index is 0.238. The number of rotatable bonds is 5. The Hall–Kier alpha value is -1.34. The molecule has 1 saturated heterocycles. The van der Waals surface area contributed by atoms with E-state index < -0.39 is 5.97 Å². The highest BCUT2D eigenvalue weighted by Gasteiger charge is 2.38. The summed E-state index contributed by atoms with van der Waals surface area (Å²) >= 11 is 2.05. The second kappa shape index (κ2) is 8.16. The number of thioether (sulfide) groups is 1. The molecule has 1 aliphatic heterocycles. The fourth-order valence-electron chi connectivity index (χ4n) is 3.75. The van der Waals surface area contributed by atoms with Gasteiger partial charge in [-0.15, -0.1) is 10.2 Å². The number of ether oxygens (including phenoxy) is 1. The lowest BCUT2D eigenvalue weighted by molar-refractivity contribution is 0.0592. The number of methoxy groups -OCH3 is 1. The highest BCUT2D eigenvalue weighted by Crippen LogP contribution is 2.35. The number of aromatic nitrogens is 2. The Kier molecular flexibility index (Phi) is 5.94. The van der Waals surface area contributed by atoms with Gasteiger partial charge in [0.2, 0.25) is 0 Å². The van der Waals surface area contributed by atoms with Gasteiger partial charge >= 0.3 is 5.97 Å². The number of carbonyl (C=O) groups is 1. The molecule has 0 spiro atoms. The number of nitrogens with zero attached hydrogens (tertiary/aromatic N) is 3. The minimum atomic E-state index is -0.455. The Bertz CT molecular complexity index is 540. The van der Waals surface area contributed by atoms with Crippen molar-refractivity contribution < 1.29 is 9.53 Å². The van der Waals surface area contributed by atoms with E-state index in [1.54, 1.807) is 6.07 Å². The summed E-state index contributed by atoms with van der Waals surface area (Å²) in [5.74, 6) is 2.73. The Balaban J connectivity index is 1.65. The van der Waals surface area contributed by atoms with E-state index in [9.17, 15) is 4.79 Å². The summed E-state index contributed by atoms with van der Waals surface area (Å²) in [4.78, 5) is 14.1. The van der Waals surface area contributed by atoms with Gasteiger partial charge in [-0.05, 0) is 25.0 Å². The van der Waals surface area contributed by atoms with Gasteiger partial charge in [-0.2, -0.15) is 11.8 Å². The molecule has 2 aliphatic rings. The largest absolute Gasteiger partial charge is 0.464 e. The number of nitrogens with one attached hydrogen (secondary N) is 1. The lowest BCUT2D eigenvalue weighted by Gasteiger charge is -2.48. The Morgan fingerprint density at radius 1 is 1.25 bits per heavy atom. The van der Waals surface area contributed by atoms with Crippen molar-refractivity contribution in [2.24, 2.45) is 0 Å². The fraction of sp³-hybridized carbons (Fsp3) is 0.706. The zero-order chi connectivity index (χ0) is 16.8. The van der Waals surface area contributed by atoms with Gasteiger partial charge in [0, 0.05) is 36.7 Å². The van der Waals surface area contributed by atoms with E-state index in [1.807, 2.05) is 6.07 Å². The summed E-state index contributed by atoms with van der Waals surface area (Å²) in [6.07, 6.45) is 6.45. The summed E-state index contributed by atoms with van der Waals surface area (Å²) < 4.78 is 4.66. The molecule has 0 radical (unpaired) electrons. The molecule has 1 N–H and O–H groups in total. The molecule has 0 atom stereocenters. The molecular formula is C17H26N4O2S. The SMILES string of the molecule is COC(=O)c1ccc(NCC2(N3CCSCC3)CCCCC2)nn1. The Morgan fingerprint density at radius 2 is 2.00 bits per heavy atom. The van der Waals surface area contributed by atoms with Crippen LogP contribution in [0.5, 0.6) is 0 Å². The van der Waals surface area contributed by atoms with Crippen LogP contribution in [0.3, 0.4) is 0 Å². The van der Waals surface area contributed by atoms with Crippen molar-refractivity contribution in [3.8, 4) is 0 Å². The third kappa shape index (κ3) is 4.00. The maximum Gasteiger partial charge on any atom is 0.358 e. The molecule has 0 unspecified atom stereocenters. The van der Waals surface area contributed by atoms with E-state index in [1.165, 1.54) is 63.8 Å². The molecule has 1 saturated carbocycles. The average molecular weight is 350 g/mol. The van der Waals surface area contributed by atoms with Crippen molar-refractivity contribution in [3.63, 3.8) is 0 Å². The summed E-state index contributed by atoms with van der Waals surface area (Å²) in [6.45, 7) is 3.25. The van der Waals surface area contributed by atoms with Crippen LogP contribution in [0.2, 0.25) is 0 Å². The standard InChI is InChI=1S/C17H26N4O2S/c1-23-16(22)14-5-6-15(20-19-14)18-13-17(7-3-2-4-8-17)21-9-11-24-12-10-21/h5-6H,2-4,7-13H2,1H3,(H,18,20). The van der Waals surface area contributed by atoms with E-state index in [0.29, 0.717) is 0 Å². The molecule has 0 amide bonds. The number of carbonyl (C=O) groups excluding carboxylic acids is 1. The Labute approximate surface area is 147 Å². The first-order valence-corrected chi connectivity index (χ1v) is 9.88. The van der Waals surface area contributed by atoms with Crippen molar-refractivity contribution in [3.05, 3.63) is 17.8 Å². The quantitative estimate of drug-likeness (QED) is 0.818. The van der Waals surface area contributed by atoms with Gasteiger partial charge < -0.3 is 10.1 Å². The molecule has 24 heavy (non-hydrogen) atoms. The highest BCUT2D eigenvalue weighted by molar-refractivity contribution is 7.99. The van der Waals surface area contributed by atoms with Crippen LogP contribution in [0.4, 0.5) is 5.82 Å². The third-order valence-corrected chi connectivity index (χ3v) is 6.07. The molecule has 1 aliphatic carbocycles. The van der Waals surface area contributed by atoms with Crippen molar-refractivity contribution in [2.45, 2.75) is 37.6 Å². The topological polar surface area (TPSA) is 67.3 Å². The van der Waals surface area contributed by atoms with E-state index in [0.717, 1.165) is 12.4 Å². The van der Waals surface area contributed by atoms with Crippen LogP contribution < -0.4 is 5.32 Å². The van der Waals surface area contributed by atoms with Gasteiger partial charge in [-0.3, -0.25) is 4.90 Å².